The molecule has 0 aromatic heterocycles. The van der Waals surface area contributed by atoms with Gasteiger partial charge in [0.25, 0.3) is 0 Å². The summed E-state index contributed by atoms with van der Waals surface area (Å²) in [7, 11) is 0. The Hall–Kier alpha value is -0.690. The van der Waals surface area contributed by atoms with Crippen LogP contribution in [0.15, 0.2) is 54.6 Å². The SMILES string of the molecule is ClCC(CCl)(CCCc1ccccc1)c1ccccc1Cl. The van der Waals surface area contributed by atoms with Crippen LogP contribution in [-0.4, -0.2) is 11.8 Å². The van der Waals surface area contributed by atoms with Crippen molar-refractivity contribution in [1.82, 2.24) is 0 Å². The van der Waals surface area contributed by atoms with E-state index in [1.54, 1.807) is 0 Å². The van der Waals surface area contributed by atoms with Gasteiger partial charge in [0.05, 0.1) is 0 Å². The lowest BCUT2D eigenvalue weighted by Crippen LogP contribution is -2.31. The highest BCUT2D eigenvalue weighted by Crippen LogP contribution is 2.37. The maximum Gasteiger partial charge on any atom is 0.0444 e. The van der Waals surface area contributed by atoms with Gasteiger partial charge in [0.15, 0.2) is 0 Å². The van der Waals surface area contributed by atoms with E-state index in [9.17, 15) is 0 Å². The lowest BCUT2D eigenvalue weighted by Gasteiger charge is -2.31. The highest BCUT2D eigenvalue weighted by Gasteiger charge is 2.31. The molecule has 2 rings (SSSR count). The van der Waals surface area contributed by atoms with E-state index in [0.29, 0.717) is 11.8 Å². The smallest absolute Gasteiger partial charge is 0.0444 e. The summed E-state index contributed by atoms with van der Waals surface area (Å²) in [4.78, 5) is 0. The molecular formula is C18H19Cl3. The van der Waals surface area contributed by atoms with E-state index in [2.05, 4.69) is 24.3 Å². The molecule has 0 saturated heterocycles. The highest BCUT2D eigenvalue weighted by atomic mass is 35.5. The zero-order valence-corrected chi connectivity index (χ0v) is 14.1. The van der Waals surface area contributed by atoms with Crippen molar-refractivity contribution < 1.29 is 0 Å². The fraction of sp³-hybridized carbons (Fsp3) is 0.333. The normalized spacial score (nSPS) is 11.6. The summed E-state index contributed by atoms with van der Waals surface area (Å²) < 4.78 is 0. The van der Waals surface area contributed by atoms with Crippen LogP contribution in [0.3, 0.4) is 0 Å². The molecule has 0 fully saturated rings. The van der Waals surface area contributed by atoms with E-state index in [1.165, 1.54) is 5.56 Å². The molecule has 0 atom stereocenters. The molecule has 2 aromatic rings. The van der Waals surface area contributed by atoms with Gasteiger partial charge in [-0.3, -0.25) is 0 Å². The number of aryl methyl sites for hydroxylation is 1. The summed E-state index contributed by atoms with van der Waals surface area (Å²) in [5.74, 6) is 0.962. The average Bonchev–Trinajstić information content (AvgIpc) is 2.54. The van der Waals surface area contributed by atoms with Gasteiger partial charge < -0.3 is 0 Å². The van der Waals surface area contributed by atoms with Crippen LogP contribution in [0.1, 0.15) is 24.0 Å². The molecule has 2 aromatic carbocycles. The van der Waals surface area contributed by atoms with Gasteiger partial charge in [-0.2, -0.15) is 0 Å². The zero-order chi connectivity index (χ0) is 15.1. The predicted molar refractivity (Wildman–Crippen MR) is 94.0 cm³/mol. The van der Waals surface area contributed by atoms with Crippen LogP contribution in [0.4, 0.5) is 0 Å². The maximum atomic E-state index is 6.34. The first-order valence-corrected chi connectivity index (χ1v) is 8.57. The van der Waals surface area contributed by atoms with E-state index < -0.39 is 0 Å². The molecule has 3 heteroatoms. The van der Waals surface area contributed by atoms with Gasteiger partial charge >= 0.3 is 0 Å². The molecule has 112 valence electrons. The quantitative estimate of drug-likeness (QED) is 0.535. The lowest BCUT2D eigenvalue weighted by molar-refractivity contribution is 0.473. The minimum Gasteiger partial charge on any atom is -0.126 e. The Labute approximate surface area is 142 Å². The van der Waals surface area contributed by atoms with Gasteiger partial charge in [-0.1, -0.05) is 60.1 Å². The second kappa shape index (κ2) is 8.08. The standard InChI is InChI=1S/C18H19Cl3/c19-13-18(14-20,16-10-4-5-11-17(16)21)12-6-9-15-7-2-1-3-8-15/h1-5,7-8,10-11H,6,9,12-14H2. The first-order chi connectivity index (χ1) is 10.2. The highest BCUT2D eigenvalue weighted by molar-refractivity contribution is 6.32. The van der Waals surface area contributed by atoms with Crippen molar-refractivity contribution in [1.29, 1.82) is 0 Å². The summed E-state index contributed by atoms with van der Waals surface area (Å²) >= 11 is 18.9. The third kappa shape index (κ3) is 4.16. The summed E-state index contributed by atoms with van der Waals surface area (Å²) in [5, 5.41) is 0.749. The minimum atomic E-state index is -0.254. The van der Waals surface area contributed by atoms with Crippen LogP contribution in [0.2, 0.25) is 5.02 Å². The van der Waals surface area contributed by atoms with E-state index in [-0.39, 0.29) is 5.41 Å². The predicted octanol–water partition coefficient (Wildman–Crippen LogP) is 6.08. The van der Waals surface area contributed by atoms with Gasteiger partial charge in [0.1, 0.15) is 0 Å². The molecule has 0 heterocycles. The Morgan fingerprint density at radius 1 is 0.810 bits per heavy atom. The molecule has 0 aliphatic carbocycles. The van der Waals surface area contributed by atoms with E-state index in [0.717, 1.165) is 29.8 Å². The zero-order valence-electron chi connectivity index (χ0n) is 11.9. The molecule has 0 unspecified atom stereocenters. The van der Waals surface area contributed by atoms with Crippen LogP contribution < -0.4 is 0 Å². The molecule has 0 saturated carbocycles. The molecule has 0 nitrogen and oxygen atoms in total. The molecule has 0 radical (unpaired) electrons. The Morgan fingerprint density at radius 2 is 1.43 bits per heavy atom. The maximum absolute atomic E-state index is 6.34. The number of hydrogen-bond donors (Lipinski definition) is 0. The van der Waals surface area contributed by atoms with Crippen molar-refractivity contribution >= 4 is 34.8 Å². The van der Waals surface area contributed by atoms with Crippen molar-refractivity contribution in [2.75, 3.05) is 11.8 Å². The van der Waals surface area contributed by atoms with Gasteiger partial charge in [-0.15, -0.1) is 23.2 Å². The third-order valence-corrected chi connectivity index (χ3v) is 5.27. The molecule has 0 spiro atoms. The second-order valence-corrected chi connectivity index (χ2v) is 6.31. The van der Waals surface area contributed by atoms with Crippen molar-refractivity contribution in [2.24, 2.45) is 0 Å². The van der Waals surface area contributed by atoms with Crippen LogP contribution in [0.5, 0.6) is 0 Å². The lowest BCUT2D eigenvalue weighted by atomic mass is 9.79. The van der Waals surface area contributed by atoms with Crippen LogP contribution >= 0.6 is 34.8 Å². The van der Waals surface area contributed by atoms with Crippen molar-refractivity contribution in [2.45, 2.75) is 24.7 Å². The first-order valence-electron chi connectivity index (χ1n) is 7.13. The molecule has 0 bridgehead atoms. The Bertz CT molecular complexity index is 547. The van der Waals surface area contributed by atoms with E-state index in [4.69, 9.17) is 34.8 Å². The van der Waals surface area contributed by atoms with Crippen LogP contribution in [0, 0.1) is 0 Å². The summed E-state index contributed by atoms with van der Waals surface area (Å²) in [5.41, 5.74) is 2.15. The van der Waals surface area contributed by atoms with Crippen molar-refractivity contribution in [3.05, 3.63) is 70.7 Å². The van der Waals surface area contributed by atoms with Gasteiger partial charge in [-0.05, 0) is 36.5 Å². The molecule has 0 aliphatic heterocycles. The Kier molecular flexibility index (Phi) is 6.41. The Balaban J connectivity index is 2.10. The monoisotopic (exact) mass is 340 g/mol. The van der Waals surface area contributed by atoms with Crippen LogP contribution in [0.25, 0.3) is 0 Å². The summed E-state index contributed by atoms with van der Waals surface area (Å²) in [6.45, 7) is 0. The van der Waals surface area contributed by atoms with Crippen LogP contribution in [-0.2, 0) is 11.8 Å². The first kappa shape index (κ1) is 16.7. The van der Waals surface area contributed by atoms with E-state index in [1.807, 2.05) is 30.3 Å². The summed E-state index contributed by atoms with van der Waals surface area (Å²) in [6, 6.07) is 18.3. The van der Waals surface area contributed by atoms with Gasteiger partial charge in [0.2, 0.25) is 0 Å². The minimum absolute atomic E-state index is 0.254. The number of halogens is 3. The average molecular weight is 342 g/mol. The molecule has 0 N–H and O–H groups in total. The molecule has 21 heavy (non-hydrogen) atoms. The van der Waals surface area contributed by atoms with Crippen molar-refractivity contribution in [3.8, 4) is 0 Å². The number of hydrogen-bond acceptors (Lipinski definition) is 0. The number of alkyl halides is 2. The second-order valence-electron chi connectivity index (χ2n) is 5.37. The third-order valence-electron chi connectivity index (χ3n) is 3.92. The largest absolute Gasteiger partial charge is 0.126 e. The number of rotatable bonds is 7. The van der Waals surface area contributed by atoms with Crippen molar-refractivity contribution in [3.63, 3.8) is 0 Å². The van der Waals surface area contributed by atoms with Gasteiger partial charge in [0, 0.05) is 22.2 Å². The Morgan fingerprint density at radius 3 is 2.05 bits per heavy atom. The molecular weight excluding hydrogens is 323 g/mol. The molecule has 0 amide bonds. The van der Waals surface area contributed by atoms with E-state index >= 15 is 0 Å². The van der Waals surface area contributed by atoms with Gasteiger partial charge in [-0.25, -0.2) is 0 Å². The number of benzene rings is 2. The molecule has 0 aliphatic rings. The topological polar surface area (TPSA) is 0 Å². The fourth-order valence-electron chi connectivity index (χ4n) is 2.61. The summed E-state index contributed by atoms with van der Waals surface area (Å²) in [6.07, 6.45) is 2.99. The fourth-order valence-corrected chi connectivity index (χ4v) is 3.79.